The molecule has 20 heavy (non-hydrogen) atoms. The van der Waals surface area contributed by atoms with E-state index in [0.717, 1.165) is 12.8 Å². The Morgan fingerprint density at radius 3 is 2.35 bits per heavy atom. The summed E-state index contributed by atoms with van der Waals surface area (Å²) < 4.78 is 22.8. The van der Waals surface area contributed by atoms with Gasteiger partial charge in [-0.2, -0.15) is 0 Å². The normalized spacial score (nSPS) is 18.9. The van der Waals surface area contributed by atoms with Crippen molar-refractivity contribution in [2.75, 3.05) is 25.9 Å². The number of nitrogens with zero attached hydrogens (tertiary/aromatic N) is 1. The summed E-state index contributed by atoms with van der Waals surface area (Å²) in [6.07, 6.45) is 1.16. The van der Waals surface area contributed by atoms with E-state index in [0.29, 0.717) is 18.7 Å². The maximum Gasteiger partial charge on any atom is 0.253 e. The Balaban J connectivity index is 2.17. The number of hydrogen-bond donors (Lipinski definition) is 1. The average Bonchev–Trinajstić information content (AvgIpc) is 2.36. The van der Waals surface area contributed by atoms with Crippen molar-refractivity contribution in [3.8, 4) is 0 Å². The van der Waals surface area contributed by atoms with E-state index in [1.54, 1.807) is 17.0 Å². The molecule has 6 heteroatoms. The molecule has 1 aromatic rings. The van der Waals surface area contributed by atoms with Crippen molar-refractivity contribution in [1.29, 1.82) is 0 Å². The maximum atomic E-state index is 12.4. The van der Waals surface area contributed by atoms with Gasteiger partial charge in [0, 0.05) is 37.0 Å². The molecule has 1 saturated heterocycles. The molecule has 0 spiro atoms. The van der Waals surface area contributed by atoms with Crippen LogP contribution in [0.1, 0.15) is 24.2 Å². The summed E-state index contributed by atoms with van der Waals surface area (Å²) in [5, 5.41) is 3.35. The Kier molecular flexibility index (Phi) is 3.88. The predicted octanol–water partition coefficient (Wildman–Crippen LogP) is 0.914. The molecule has 1 N–H and O–H groups in total. The summed E-state index contributed by atoms with van der Waals surface area (Å²) in [5.41, 5.74) is 0.427. The molecule has 1 aliphatic heterocycles. The lowest BCUT2D eigenvalue weighted by atomic mass is 10.0. The van der Waals surface area contributed by atoms with Crippen LogP contribution in [0, 0.1) is 0 Å². The maximum absolute atomic E-state index is 12.4. The number of carbonyl (C=O) groups excluding carboxylic acids is 1. The van der Waals surface area contributed by atoms with Crippen LogP contribution in [0.25, 0.3) is 0 Å². The number of rotatable bonds is 2. The molecule has 0 unspecified atom stereocenters. The van der Waals surface area contributed by atoms with Gasteiger partial charge < -0.3 is 10.2 Å². The topological polar surface area (TPSA) is 66.5 Å². The van der Waals surface area contributed by atoms with E-state index in [9.17, 15) is 13.2 Å². The monoisotopic (exact) mass is 296 g/mol. The fraction of sp³-hybridized carbons (Fsp3) is 0.500. The second kappa shape index (κ2) is 5.18. The van der Waals surface area contributed by atoms with Gasteiger partial charge in [0.25, 0.3) is 5.91 Å². The van der Waals surface area contributed by atoms with Crippen molar-refractivity contribution in [1.82, 2.24) is 10.2 Å². The van der Waals surface area contributed by atoms with E-state index in [1.165, 1.54) is 12.1 Å². The van der Waals surface area contributed by atoms with Crippen LogP contribution in [0.4, 0.5) is 0 Å². The number of amides is 1. The van der Waals surface area contributed by atoms with Crippen LogP contribution in [0.5, 0.6) is 0 Å². The number of carbonyl (C=O) groups is 1. The summed E-state index contributed by atoms with van der Waals surface area (Å²) in [7, 11) is -3.22. The lowest BCUT2D eigenvalue weighted by Crippen LogP contribution is -2.58. The van der Waals surface area contributed by atoms with Gasteiger partial charge in [-0.25, -0.2) is 8.42 Å². The minimum absolute atomic E-state index is 0.0559. The average molecular weight is 296 g/mol. The zero-order chi connectivity index (χ0) is 15.0. The standard InChI is InChI=1S/C14H20N2O3S/c1-14(2)10-16(9-8-15-14)13(17)11-4-6-12(7-5-11)20(3,18)19/h4-7,15H,8-10H2,1-3H3. The van der Waals surface area contributed by atoms with Crippen LogP contribution in [0.3, 0.4) is 0 Å². The molecule has 1 aliphatic rings. The fourth-order valence-electron chi connectivity index (χ4n) is 2.34. The molecule has 0 atom stereocenters. The highest BCUT2D eigenvalue weighted by atomic mass is 32.2. The molecule has 1 heterocycles. The Labute approximate surface area is 119 Å². The zero-order valence-electron chi connectivity index (χ0n) is 12.0. The van der Waals surface area contributed by atoms with Crippen LogP contribution in [-0.4, -0.2) is 50.7 Å². The molecule has 110 valence electrons. The Morgan fingerprint density at radius 1 is 1.25 bits per heavy atom. The number of piperazine rings is 1. The summed E-state index contributed by atoms with van der Waals surface area (Å²) in [4.78, 5) is 14.4. The minimum atomic E-state index is -3.22. The van der Waals surface area contributed by atoms with Crippen LogP contribution < -0.4 is 5.32 Å². The smallest absolute Gasteiger partial charge is 0.253 e. The van der Waals surface area contributed by atoms with Gasteiger partial charge in [0.05, 0.1) is 4.90 Å². The third-order valence-corrected chi connectivity index (χ3v) is 4.52. The van der Waals surface area contributed by atoms with Gasteiger partial charge >= 0.3 is 0 Å². The molecule has 0 aliphatic carbocycles. The molecule has 1 amide bonds. The van der Waals surface area contributed by atoms with Crippen molar-refractivity contribution in [2.24, 2.45) is 0 Å². The van der Waals surface area contributed by atoms with Crippen molar-refractivity contribution >= 4 is 15.7 Å². The van der Waals surface area contributed by atoms with E-state index in [4.69, 9.17) is 0 Å². The van der Waals surface area contributed by atoms with Crippen molar-refractivity contribution in [3.05, 3.63) is 29.8 Å². The third kappa shape index (κ3) is 3.37. The molecule has 0 aromatic heterocycles. The second-order valence-corrected chi connectivity index (χ2v) is 7.85. The largest absolute Gasteiger partial charge is 0.336 e. The van der Waals surface area contributed by atoms with Crippen LogP contribution in [-0.2, 0) is 9.84 Å². The first-order valence-corrected chi connectivity index (χ1v) is 8.43. The third-order valence-electron chi connectivity index (χ3n) is 3.39. The van der Waals surface area contributed by atoms with E-state index < -0.39 is 9.84 Å². The quantitative estimate of drug-likeness (QED) is 0.881. The predicted molar refractivity (Wildman–Crippen MR) is 77.5 cm³/mol. The highest BCUT2D eigenvalue weighted by Crippen LogP contribution is 2.16. The molecule has 1 aromatic carbocycles. The Bertz CT molecular complexity index is 606. The van der Waals surface area contributed by atoms with Crippen LogP contribution >= 0.6 is 0 Å². The molecule has 5 nitrogen and oxygen atoms in total. The van der Waals surface area contributed by atoms with E-state index in [2.05, 4.69) is 19.2 Å². The molecule has 1 fully saturated rings. The molecular weight excluding hydrogens is 276 g/mol. The number of benzene rings is 1. The van der Waals surface area contributed by atoms with Crippen molar-refractivity contribution in [3.63, 3.8) is 0 Å². The van der Waals surface area contributed by atoms with Gasteiger partial charge in [0.2, 0.25) is 0 Å². The molecular formula is C14H20N2O3S. The van der Waals surface area contributed by atoms with Crippen LogP contribution in [0.15, 0.2) is 29.2 Å². The first kappa shape index (κ1) is 15.0. The number of nitrogens with one attached hydrogen (secondary N) is 1. The lowest BCUT2D eigenvalue weighted by Gasteiger charge is -2.39. The van der Waals surface area contributed by atoms with Crippen molar-refractivity contribution < 1.29 is 13.2 Å². The first-order valence-electron chi connectivity index (χ1n) is 6.53. The van der Waals surface area contributed by atoms with Crippen LogP contribution in [0.2, 0.25) is 0 Å². The van der Waals surface area contributed by atoms with Gasteiger partial charge in [-0.1, -0.05) is 0 Å². The van der Waals surface area contributed by atoms with E-state index in [1.807, 2.05) is 0 Å². The summed E-state index contributed by atoms with van der Waals surface area (Å²) in [6, 6.07) is 6.12. The number of sulfone groups is 1. The summed E-state index contributed by atoms with van der Waals surface area (Å²) in [6.45, 7) is 6.17. The Hall–Kier alpha value is -1.40. The highest BCUT2D eigenvalue weighted by Gasteiger charge is 2.29. The molecule has 0 bridgehead atoms. The SMILES string of the molecule is CC1(C)CN(C(=O)c2ccc(S(C)(=O)=O)cc2)CCN1. The number of hydrogen-bond acceptors (Lipinski definition) is 4. The summed E-state index contributed by atoms with van der Waals surface area (Å²) in [5.74, 6) is -0.0559. The van der Waals surface area contributed by atoms with Gasteiger partial charge in [-0.3, -0.25) is 4.79 Å². The van der Waals surface area contributed by atoms with Gasteiger partial charge in [0.15, 0.2) is 9.84 Å². The van der Waals surface area contributed by atoms with Gasteiger partial charge in [-0.15, -0.1) is 0 Å². The minimum Gasteiger partial charge on any atom is -0.336 e. The second-order valence-electron chi connectivity index (χ2n) is 5.83. The van der Waals surface area contributed by atoms with Crippen molar-refractivity contribution in [2.45, 2.75) is 24.3 Å². The molecule has 2 rings (SSSR count). The summed E-state index contributed by atoms with van der Waals surface area (Å²) >= 11 is 0. The van der Waals surface area contributed by atoms with E-state index in [-0.39, 0.29) is 16.3 Å². The zero-order valence-corrected chi connectivity index (χ0v) is 12.8. The Morgan fingerprint density at radius 2 is 1.85 bits per heavy atom. The molecule has 0 radical (unpaired) electrons. The highest BCUT2D eigenvalue weighted by molar-refractivity contribution is 7.90. The fourth-order valence-corrected chi connectivity index (χ4v) is 2.97. The molecule has 0 saturated carbocycles. The van der Waals surface area contributed by atoms with E-state index >= 15 is 0 Å². The lowest BCUT2D eigenvalue weighted by molar-refractivity contribution is 0.0652. The first-order chi connectivity index (χ1) is 9.19. The van der Waals surface area contributed by atoms with Gasteiger partial charge in [-0.05, 0) is 38.1 Å². The van der Waals surface area contributed by atoms with Gasteiger partial charge in [0.1, 0.15) is 0 Å².